The predicted molar refractivity (Wildman–Crippen MR) is 82.1 cm³/mol. The highest BCUT2D eigenvalue weighted by Crippen LogP contribution is 2.22. The summed E-state index contributed by atoms with van der Waals surface area (Å²) in [6.45, 7) is 3.96. The minimum absolute atomic E-state index is 0.0216. The molecule has 0 saturated carbocycles. The third-order valence-corrected chi connectivity index (χ3v) is 3.45. The van der Waals surface area contributed by atoms with E-state index >= 15 is 0 Å². The lowest BCUT2D eigenvalue weighted by Crippen LogP contribution is -2.15. The van der Waals surface area contributed by atoms with E-state index in [1.54, 1.807) is 18.5 Å². The van der Waals surface area contributed by atoms with Gasteiger partial charge in [-0.2, -0.15) is 0 Å². The molecule has 0 fully saturated rings. The van der Waals surface area contributed by atoms with Gasteiger partial charge in [0, 0.05) is 29.5 Å². The van der Waals surface area contributed by atoms with E-state index in [0.29, 0.717) is 11.4 Å². The molecule has 1 aromatic carbocycles. The highest BCUT2D eigenvalue weighted by molar-refractivity contribution is 6.31. The third kappa shape index (κ3) is 3.81. The number of hydrogen-bond donors (Lipinski definition) is 1. The number of hydrogen-bond acceptors (Lipinski definition) is 2. The molecular weight excluding hydrogens is 272 g/mol. The van der Waals surface area contributed by atoms with Crippen LogP contribution in [0.2, 0.25) is 5.02 Å². The maximum absolute atomic E-state index is 12.1. The smallest absolute Gasteiger partial charge is 0.224 e. The van der Waals surface area contributed by atoms with Crippen molar-refractivity contribution < 1.29 is 4.79 Å². The van der Waals surface area contributed by atoms with E-state index in [2.05, 4.69) is 10.3 Å². The Bertz CT molecular complexity index is 599. The van der Waals surface area contributed by atoms with E-state index < -0.39 is 0 Å². The predicted octanol–water partition coefficient (Wildman–Crippen LogP) is 4.18. The molecule has 0 aliphatic heterocycles. The van der Waals surface area contributed by atoms with Crippen molar-refractivity contribution in [2.45, 2.75) is 26.2 Å². The maximum Gasteiger partial charge on any atom is 0.224 e. The van der Waals surface area contributed by atoms with Crippen LogP contribution in [-0.2, 0) is 4.79 Å². The Hall–Kier alpha value is -1.87. The van der Waals surface area contributed by atoms with Gasteiger partial charge < -0.3 is 5.32 Å². The second-order valence-electron chi connectivity index (χ2n) is 4.90. The average molecular weight is 289 g/mol. The van der Waals surface area contributed by atoms with Gasteiger partial charge in [0.15, 0.2) is 0 Å². The summed E-state index contributed by atoms with van der Waals surface area (Å²) >= 11 is 5.94. The molecule has 0 spiro atoms. The number of anilines is 1. The molecule has 4 heteroatoms. The number of amides is 1. The van der Waals surface area contributed by atoms with Crippen LogP contribution < -0.4 is 5.32 Å². The quantitative estimate of drug-likeness (QED) is 0.917. The second kappa shape index (κ2) is 6.53. The molecule has 1 heterocycles. The average Bonchev–Trinajstić information content (AvgIpc) is 2.43. The summed E-state index contributed by atoms with van der Waals surface area (Å²) in [7, 11) is 0. The van der Waals surface area contributed by atoms with Gasteiger partial charge in [0.1, 0.15) is 0 Å². The minimum atomic E-state index is -0.0216. The standard InChI is InChI=1S/C16H17ClN2O/c1-11-5-6-14(17)9-15(11)19-16(20)8-12(2)13-4-3-7-18-10-13/h3-7,9-10,12H,8H2,1-2H3,(H,19,20). The number of benzene rings is 1. The molecule has 1 unspecified atom stereocenters. The van der Waals surface area contributed by atoms with E-state index in [1.165, 1.54) is 0 Å². The highest BCUT2D eigenvalue weighted by Gasteiger charge is 2.12. The fraction of sp³-hybridized carbons (Fsp3) is 0.250. The summed E-state index contributed by atoms with van der Waals surface area (Å²) in [6, 6.07) is 9.33. The Morgan fingerprint density at radius 1 is 1.40 bits per heavy atom. The number of nitrogens with one attached hydrogen (secondary N) is 1. The van der Waals surface area contributed by atoms with Crippen LogP contribution in [0.15, 0.2) is 42.7 Å². The Labute approximate surface area is 124 Å². The summed E-state index contributed by atoms with van der Waals surface area (Å²) < 4.78 is 0. The van der Waals surface area contributed by atoms with Gasteiger partial charge >= 0.3 is 0 Å². The molecule has 20 heavy (non-hydrogen) atoms. The van der Waals surface area contributed by atoms with Crippen molar-refractivity contribution in [1.82, 2.24) is 4.98 Å². The van der Waals surface area contributed by atoms with Gasteiger partial charge in [-0.3, -0.25) is 9.78 Å². The number of carbonyl (C=O) groups is 1. The van der Waals surface area contributed by atoms with Crippen LogP contribution in [0.5, 0.6) is 0 Å². The fourth-order valence-corrected chi connectivity index (χ4v) is 2.17. The summed E-state index contributed by atoms with van der Waals surface area (Å²) in [5, 5.41) is 3.52. The molecule has 0 aliphatic rings. The summed E-state index contributed by atoms with van der Waals surface area (Å²) in [4.78, 5) is 16.2. The number of halogens is 1. The van der Waals surface area contributed by atoms with Crippen molar-refractivity contribution in [3.63, 3.8) is 0 Å². The molecule has 0 radical (unpaired) electrons. The first-order chi connectivity index (χ1) is 9.56. The van der Waals surface area contributed by atoms with E-state index in [-0.39, 0.29) is 11.8 Å². The molecule has 2 rings (SSSR count). The zero-order chi connectivity index (χ0) is 14.5. The molecule has 1 amide bonds. The molecule has 3 nitrogen and oxygen atoms in total. The van der Waals surface area contributed by atoms with Gasteiger partial charge in [-0.1, -0.05) is 30.7 Å². The number of rotatable bonds is 4. The Morgan fingerprint density at radius 3 is 2.90 bits per heavy atom. The number of carbonyl (C=O) groups excluding carboxylic acids is 1. The van der Waals surface area contributed by atoms with E-state index in [9.17, 15) is 4.79 Å². The molecule has 1 atom stereocenters. The van der Waals surface area contributed by atoms with Crippen molar-refractivity contribution in [1.29, 1.82) is 0 Å². The fourth-order valence-electron chi connectivity index (χ4n) is 1.99. The Kier molecular flexibility index (Phi) is 4.74. The molecule has 0 saturated heterocycles. The molecular formula is C16H17ClN2O. The molecule has 1 aromatic heterocycles. The van der Waals surface area contributed by atoms with Crippen LogP contribution in [-0.4, -0.2) is 10.9 Å². The van der Waals surface area contributed by atoms with Crippen LogP contribution in [0.4, 0.5) is 5.69 Å². The van der Waals surface area contributed by atoms with Crippen molar-refractivity contribution in [2.24, 2.45) is 0 Å². The lowest BCUT2D eigenvalue weighted by atomic mass is 9.99. The van der Waals surface area contributed by atoms with Gasteiger partial charge in [-0.25, -0.2) is 0 Å². The largest absolute Gasteiger partial charge is 0.326 e. The zero-order valence-corrected chi connectivity index (χ0v) is 12.3. The van der Waals surface area contributed by atoms with Gasteiger partial charge in [0.25, 0.3) is 0 Å². The number of aromatic nitrogens is 1. The molecule has 1 N–H and O–H groups in total. The van der Waals surface area contributed by atoms with E-state index in [1.807, 2.05) is 38.1 Å². The van der Waals surface area contributed by atoms with Gasteiger partial charge in [-0.15, -0.1) is 0 Å². The first-order valence-corrected chi connectivity index (χ1v) is 6.90. The minimum Gasteiger partial charge on any atom is -0.326 e. The second-order valence-corrected chi connectivity index (χ2v) is 5.34. The van der Waals surface area contributed by atoms with Crippen LogP contribution in [0, 0.1) is 6.92 Å². The van der Waals surface area contributed by atoms with E-state index in [0.717, 1.165) is 16.8 Å². The normalized spacial score (nSPS) is 11.9. The summed E-state index contributed by atoms with van der Waals surface area (Å²) in [5.41, 5.74) is 2.82. The van der Waals surface area contributed by atoms with Gasteiger partial charge in [0.05, 0.1) is 0 Å². The molecule has 104 valence electrons. The summed E-state index contributed by atoms with van der Waals surface area (Å²) in [6.07, 6.45) is 3.94. The number of pyridine rings is 1. The SMILES string of the molecule is Cc1ccc(Cl)cc1NC(=O)CC(C)c1cccnc1. The van der Waals surface area contributed by atoms with Gasteiger partial charge in [0.2, 0.25) is 5.91 Å². The van der Waals surface area contributed by atoms with Crippen LogP contribution >= 0.6 is 11.6 Å². The highest BCUT2D eigenvalue weighted by atomic mass is 35.5. The van der Waals surface area contributed by atoms with Crippen molar-refractivity contribution in [3.05, 3.63) is 58.9 Å². The van der Waals surface area contributed by atoms with E-state index in [4.69, 9.17) is 11.6 Å². The number of nitrogens with zero attached hydrogens (tertiary/aromatic N) is 1. The molecule has 0 bridgehead atoms. The molecule has 0 aliphatic carbocycles. The molecule has 2 aromatic rings. The van der Waals surface area contributed by atoms with Crippen LogP contribution in [0.25, 0.3) is 0 Å². The van der Waals surface area contributed by atoms with Crippen molar-refractivity contribution >= 4 is 23.2 Å². The Balaban J connectivity index is 2.01. The zero-order valence-electron chi connectivity index (χ0n) is 11.6. The van der Waals surface area contributed by atoms with Crippen molar-refractivity contribution in [2.75, 3.05) is 5.32 Å². The maximum atomic E-state index is 12.1. The van der Waals surface area contributed by atoms with Crippen molar-refractivity contribution in [3.8, 4) is 0 Å². The topological polar surface area (TPSA) is 42.0 Å². The lowest BCUT2D eigenvalue weighted by molar-refractivity contribution is -0.116. The van der Waals surface area contributed by atoms with Crippen LogP contribution in [0.3, 0.4) is 0 Å². The monoisotopic (exact) mass is 288 g/mol. The van der Waals surface area contributed by atoms with Gasteiger partial charge in [-0.05, 0) is 42.2 Å². The lowest BCUT2D eigenvalue weighted by Gasteiger charge is -2.13. The first-order valence-electron chi connectivity index (χ1n) is 6.52. The summed E-state index contributed by atoms with van der Waals surface area (Å²) in [5.74, 6) is 0.106. The number of aryl methyl sites for hydroxylation is 1. The van der Waals surface area contributed by atoms with Crippen LogP contribution in [0.1, 0.15) is 30.4 Å². The first kappa shape index (κ1) is 14.5. The third-order valence-electron chi connectivity index (χ3n) is 3.22. The Morgan fingerprint density at radius 2 is 2.20 bits per heavy atom.